The Morgan fingerprint density at radius 2 is 2.03 bits per heavy atom. The summed E-state index contributed by atoms with van der Waals surface area (Å²) in [5, 5.41) is 30.1. The third-order valence-electron chi connectivity index (χ3n) is 4.25. The highest BCUT2D eigenvalue weighted by molar-refractivity contribution is 8.18. The van der Waals surface area contributed by atoms with Gasteiger partial charge in [-0.1, -0.05) is 12.1 Å². The van der Waals surface area contributed by atoms with Gasteiger partial charge in [-0.25, -0.2) is 9.79 Å². The van der Waals surface area contributed by atoms with Gasteiger partial charge in [-0.15, -0.1) is 0 Å². The highest BCUT2D eigenvalue weighted by atomic mass is 32.2. The van der Waals surface area contributed by atoms with Crippen molar-refractivity contribution in [2.45, 2.75) is 6.92 Å². The molecule has 10 heteroatoms. The number of phenolic OH excluding ortho intramolecular Hbond substituents is 1. The topological polar surface area (TPSA) is 133 Å². The van der Waals surface area contributed by atoms with E-state index in [9.17, 15) is 29.9 Å². The van der Waals surface area contributed by atoms with Crippen molar-refractivity contribution in [2.75, 3.05) is 7.05 Å². The maximum absolute atomic E-state index is 12.5. The van der Waals surface area contributed by atoms with Crippen LogP contribution in [-0.2, 0) is 4.79 Å². The fraction of sp³-hybridized carbons (Fsp3) is 0.105. The van der Waals surface area contributed by atoms with Crippen LogP contribution in [-0.4, -0.2) is 44.1 Å². The molecule has 2 N–H and O–H groups in total. The zero-order valence-corrected chi connectivity index (χ0v) is 16.1. The number of carboxylic acids is 1. The minimum atomic E-state index is -1.07. The fourth-order valence-electron chi connectivity index (χ4n) is 2.66. The summed E-state index contributed by atoms with van der Waals surface area (Å²) in [7, 11) is 1.53. The van der Waals surface area contributed by atoms with Gasteiger partial charge in [-0.2, -0.15) is 0 Å². The molecule has 0 radical (unpaired) electrons. The van der Waals surface area contributed by atoms with Crippen molar-refractivity contribution in [3.63, 3.8) is 0 Å². The number of likely N-dealkylation sites (N-methyl/N-ethyl adjacent to an activating group) is 1. The van der Waals surface area contributed by atoms with Crippen molar-refractivity contribution in [2.24, 2.45) is 4.99 Å². The molecule has 148 valence electrons. The van der Waals surface area contributed by atoms with Gasteiger partial charge >= 0.3 is 11.7 Å². The van der Waals surface area contributed by atoms with E-state index < -0.39 is 22.3 Å². The van der Waals surface area contributed by atoms with Crippen LogP contribution in [0.3, 0.4) is 0 Å². The van der Waals surface area contributed by atoms with Gasteiger partial charge in [0.2, 0.25) is 0 Å². The first-order chi connectivity index (χ1) is 13.7. The number of benzene rings is 2. The Balaban J connectivity index is 1.97. The number of rotatable bonds is 4. The molecule has 1 amide bonds. The summed E-state index contributed by atoms with van der Waals surface area (Å²) >= 11 is 1.07. The molecule has 0 saturated carbocycles. The molecule has 0 spiro atoms. The lowest BCUT2D eigenvalue weighted by atomic mass is 10.1. The largest absolute Gasteiger partial charge is 0.502 e. The zero-order valence-electron chi connectivity index (χ0n) is 15.3. The van der Waals surface area contributed by atoms with Crippen molar-refractivity contribution in [3.8, 4) is 5.75 Å². The van der Waals surface area contributed by atoms with Gasteiger partial charge in [0.15, 0.2) is 10.9 Å². The van der Waals surface area contributed by atoms with Crippen molar-refractivity contribution in [1.29, 1.82) is 0 Å². The highest BCUT2D eigenvalue weighted by Crippen LogP contribution is 2.35. The first-order valence-electron chi connectivity index (χ1n) is 8.25. The summed E-state index contributed by atoms with van der Waals surface area (Å²) < 4.78 is 0. The van der Waals surface area contributed by atoms with Crippen molar-refractivity contribution in [3.05, 3.63) is 68.1 Å². The molecule has 0 unspecified atom stereocenters. The number of nitro benzene ring substituents is 1. The molecule has 2 aromatic rings. The van der Waals surface area contributed by atoms with E-state index >= 15 is 0 Å². The second-order valence-electron chi connectivity index (χ2n) is 6.13. The van der Waals surface area contributed by atoms with E-state index in [-0.39, 0.29) is 11.5 Å². The standard InChI is InChI=1S/C19H15N3O6S/c1-10-12(18(25)26)4-3-5-13(10)20-19-21(2)17(24)16(29-19)9-11-6-7-15(23)14(8-11)22(27)28/h3-9,23H,1-2H3,(H,25,26)/b16-9-,20-19?. The lowest BCUT2D eigenvalue weighted by Crippen LogP contribution is -2.23. The Morgan fingerprint density at radius 1 is 1.31 bits per heavy atom. The second-order valence-corrected chi connectivity index (χ2v) is 7.14. The fourth-order valence-corrected chi connectivity index (χ4v) is 3.64. The molecular formula is C19H15N3O6S. The van der Waals surface area contributed by atoms with E-state index in [4.69, 9.17) is 0 Å². The number of aliphatic imine (C=N–C) groups is 1. The number of amides is 1. The number of aromatic hydroxyl groups is 1. The van der Waals surface area contributed by atoms with Crippen LogP contribution in [0, 0.1) is 17.0 Å². The molecule has 2 aromatic carbocycles. The van der Waals surface area contributed by atoms with Crippen LogP contribution >= 0.6 is 11.8 Å². The Bertz CT molecular complexity index is 1110. The molecule has 1 heterocycles. The van der Waals surface area contributed by atoms with Gasteiger partial charge in [-0.05, 0) is 54.1 Å². The quantitative estimate of drug-likeness (QED) is 0.445. The monoisotopic (exact) mass is 413 g/mol. The van der Waals surface area contributed by atoms with E-state index in [0.717, 1.165) is 11.8 Å². The van der Waals surface area contributed by atoms with Gasteiger partial charge in [0.05, 0.1) is 21.1 Å². The van der Waals surface area contributed by atoms with E-state index in [1.54, 1.807) is 19.1 Å². The number of carbonyl (C=O) groups is 2. The van der Waals surface area contributed by atoms with Crippen LogP contribution in [0.4, 0.5) is 11.4 Å². The number of hydrogen-bond acceptors (Lipinski definition) is 7. The lowest BCUT2D eigenvalue weighted by molar-refractivity contribution is -0.385. The predicted molar refractivity (Wildman–Crippen MR) is 108 cm³/mol. The number of carbonyl (C=O) groups excluding carboxylic acids is 1. The number of thioether (sulfide) groups is 1. The SMILES string of the molecule is Cc1c(N=C2S/C(=C\c3ccc(O)c([N+](=O)[O-])c3)C(=O)N2C)cccc1C(=O)O. The summed E-state index contributed by atoms with van der Waals surface area (Å²) in [6.45, 7) is 1.64. The van der Waals surface area contributed by atoms with Gasteiger partial charge in [0, 0.05) is 13.1 Å². The van der Waals surface area contributed by atoms with E-state index in [0.29, 0.717) is 26.9 Å². The molecule has 0 bridgehead atoms. The van der Waals surface area contributed by atoms with Crippen LogP contribution in [0.25, 0.3) is 6.08 Å². The lowest BCUT2D eigenvalue weighted by Gasteiger charge is -2.09. The average Bonchev–Trinajstić information content (AvgIpc) is 2.92. The minimum Gasteiger partial charge on any atom is -0.502 e. The maximum atomic E-state index is 12.5. The molecule has 0 aromatic heterocycles. The van der Waals surface area contributed by atoms with Crippen molar-refractivity contribution in [1.82, 2.24) is 4.90 Å². The van der Waals surface area contributed by atoms with E-state index in [1.165, 1.54) is 42.3 Å². The normalized spacial score (nSPS) is 16.6. The summed E-state index contributed by atoms with van der Waals surface area (Å²) in [6, 6.07) is 8.52. The van der Waals surface area contributed by atoms with Crippen LogP contribution in [0.15, 0.2) is 46.3 Å². The molecule has 0 aliphatic carbocycles. The molecule has 9 nitrogen and oxygen atoms in total. The molecule has 3 rings (SSSR count). The number of carboxylic acid groups (broad SMARTS) is 1. The summed E-state index contributed by atoms with van der Waals surface area (Å²) in [5.74, 6) is -1.88. The third kappa shape index (κ3) is 3.97. The number of nitrogens with zero attached hydrogens (tertiary/aromatic N) is 3. The van der Waals surface area contributed by atoms with Crippen molar-refractivity contribution < 1.29 is 24.7 Å². The molecule has 29 heavy (non-hydrogen) atoms. The molecular weight excluding hydrogens is 398 g/mol. The van der Waals surface area contributed by atoms with Crippen LogP contribution in [0.2, 0.25) is 0 Å². The van der Waals surface area contributed by atoms with Crippen LogP contribution < -0.4 is 0 Å². The van der Waals surface area contributed by atoms with Crippen LogP contribution in [0.5, 0.6) is 5.75 Å². The Hall–Kier alpha value is -3.66. The summed E-state index contributed by atoms with van der Waals surface area (Å²) in [5.41, 5.74) is 0.937. The molecule has 1 saturated heterocycles. The first kappa shape index (κ1) is 20.1. The second kappa shape index (κ2) is 7.76. The Kier molecular flexibility index (Phi) is 5.37. The van der Waals surface area contributed by atoms with Gasteiger partial charge in [0.25, 0.3) is 5.91 Å². The smallest absolute Gasteiger partial charge is 0.336 e. The highest BCUT2D eigenvalue weighted by Gasteiger charge is 2.31. The van der Waals surface area contributed by atoms with Crippen LogP contribution in [0.1, 0.15) is 21.5 Å². The number of aromatic carboxylic acids is 1. The van der Waals surface area contributed by atoms with Gasteiger partial charge in [0.1, 0.15) is 0 Å². The summed E-state index contributed by atoms with van der Waals surface area (Å²) in [4.78, 5) is 40.1. The number of phenols is 1. The van der Waals surface area contributed by atoms with Crippen molar-refractivity contribution >= 4 is 46.3 Å². The number of hydrogen-bond donors (Lipinski definition) is 2. The molecule has 0 atom stereocenters. The molecule has 1 aliphatic rings. The zero-order chi connectivity index (χ0) is 21.3. The van der Waals surface area contributed by atoms with E-state index in [2.05, 4.69) is 4.99 Å². The van der Waals surface area contributed by atoms with Gasteiger partial charge in [-0.3, -0.25) is 19.8 Å². The Labute approximate surface area is 169 Å². The van der Waals surface area contributed by atoms with Gasteiger partial charge < -0.3 is 10.2 Å². The Morgan fingerprint density at radius 3 is 2.69 bits per heavy atom. The van der Waals surface area contributed by atoms with E-state index in [1.807, 2.05) is 0 Å². The third-order valence-corrected chi connectivity index (χ3v) is 5.31. The maximum Gasteiger partial charge on any atom is 0.336 e. The number of nitro groups is 1. The minimum absolute atomic E-state index is 0.121. The average molecular weight is 413 g/mol. The predicted octanol–water partition coefficient (Wildman–Crippen LogP) is 3.54. The number of amidine groups is 1. The summed E-state index contributed by atoms with van der Waals surface area (Å²) in [6.07, 6.45) is 1.47. The molecule has 1 aliphatic heterocycles. The molecule has 1 fully saturated rings. The first-order valence-corrected chi connectivity index (χ1v) is 9.07.